The highest BCUT2D eigenvalue weighted by Gasteiger charge is 2.20. The van der Waals surface area contributed by atoms with Gasteiger partial charge in [0.25, 0.3) is 0 Å². The molecular formula is C18H25N3O5. The van der Waals surface area contributed by atoms with Gasteiger partial charge in [-0.15, -0.1) is 0 Å². The first kappa shape index (κ1) is 21.3. The average Bonchev–Trinajstić information content (AvgIpc) is 2.66. The molecule has 0 fully saturated rings. The van der Waals surface area contributed by atoms with Crippen molar-refractivity contribution in [1.82, 2.24) is 9.97 Å². The largest absolute Gasteiger partial charge is 0.500 e. The number of hydrogen-bond donors (Lipinski definition) is 0. The van der Waals surface area contributed by atoms with Crippen LogP contribution in [0.2, 0.25) is 0 Å². The molecule has 0 bridgehead atoms. The predicted molar refractivity (Wildman–Crippen MR) is 97.4 cm³/mol. The number of carbonyl (C=O) groups excluding carboxylic acids is 1. The zero-order chi connectivity index (χ0) is 19.5. The van der Waals surface area contributed by atoms with E-state index in [0.29, 0.717) is 23.0 Å². The Balaban J connectivity index is 2.99. The lowest BCUT2D eigenvalue weighted by molar-refractivity contribution is -0.135. The fourth-order valence-electron chi connectivity index (χ4n) is 2.18. The Labute approximate surface area is 153 Å². The normalized spacial score (nSPS) is 14.8. The number of aromatic nitrogens is 2. The Morgan fingerprint density at radius 3 is 2.54 bits per heavy atom. The Kier molecular flexibility index (Phi) is 9.00. The van der Waals surface area contributed by atoms with Gasteiger partial charge < -0.3 is 19.0 Å². The summed E-state index contributed by atoms with van der Waals surface area (Å²) in [6.07, 6.45) is 6.12. The molecule has 1 heterocycles. The number of nitrogens with zero attached hydrogens (tertiary/aromatic N) is 3. The molecule has 0 aliphatic carbocycles. The zero-order valence-electron chi connectivity index (χ0n) is 15.9. The molecule has 1 aromatic rings. The van der Waals surface area contributed by atoms with Gasteiger partial charge in [0.2, 0.25) is 0 Å². The molecule has 2 atom stereocenters. The summed E-state index contributed by atoms with van der Waals surface area (Å²) in [6.45, 7) is 3.67. The maximum atomic E-state index is 11.5. The van der Waals surface area contributed by atoms with Crippen molar-refractivity contribution in [2.45, 2.75) is 20.0 Å². The second-order valence-corrected chi connectivity index (χ2v) is 5.28. The summed E-state index contributed by atoms with van der Waals surface area (Å²) < 4.78 is 15.4. The molecule has 8 heteroatoms. The number of methoxy groups -OCH3 is 3. The lowest BCUT2D eigenvalue weighted by Crippen LogP contribution is -2.21. The van der Waals surface area contributed by atoms with E-state index in [4.69, 9.17) is 14.3 Å². The van der Waals surface area contributed by atoms with Gasteiger partial charge in [-0.1, -0.05) is 18.2 Å². The van der Waals surface area contributed by atoms with Crippen LogP contribution in [0.3, 0.4) is 0 Å². The van der Waals surface area contributed by atoms with Crippen LogP contribution >= 0.6 is 0 Å². The van der Waals surface area contributed by atoms with Gasteiger partial charge in [0.05, 0.1) is 32.1 Å². The fourth-order valence-corrected chi connectivity index (χ4v) is 2.18. The van der Waals surface area contributed by atoms with Crippen LogP contribution in [0.1, 0.15) is 25.4 Å². The highest BCUT2D eigenvalue weighted by Crippen LogP contribution is 2.20. The van der Waals surface area contributed by atoms with Gasteiger partial charge in [-0.2, -0.15) is 0 Å². The number of esters is 1. The van der Waals surface area contributed by atoms with Gasteiger partial charge in [-0.3, -0.25) is 0 Å². The fraction of sp³-hybridized carbons (Fsp3) is 0.444. The minimum absolute atomic E-state index is 0.222. The molecule has 0 radical (unpaired) electrons. The van der Waals surface area contributed by atoms with Gasteiger partial charge in [0.1, 0.15) is 18.6 Å². The molecule has 142 valence electrons. The van der Waals surface area contributed by atoms with Gasteiger partial charge in [-0.25, -0.2) is 14.8 Å². The Morgan fingerprint density at radius 1 is 1.23 bits per heavy atom. The zero-order valence-corrected chi connectivity index (χ0v) is 15.9. The third-order valence-electron chi connectivity index (χ3n) is 3.62. The quantitative estimate of drug-likeness (QED) is 0.218. The highest BCUT2D eigenvalue weighted by molar-refractivity contribution is 5.96. The van der Waals surface area contributed by atoms with E-state index < -0.39 is 5.97 Å². The third kappa shape index (κ3) is 6.29. The van der Waals surface area contributed by atoms with Gasteiger partial charge in [0.15, 0.2) is 5.82 Å². The molecular weight excluding hydrogens is 338 g/mol. The average molecular weight is 363 g/mol. The van der Waals surface area contributed by atoms with Crippen molar-refractivity contribution in [2.75, 3.05) is 28.4 Å². The monoisotopic (exact) mass is 363 g/mol. The first-order chi connectivity index (χ1) is 12.5. The summed E-state index contributed by atoms with van der Waals surface area (Å²) in [7, 11) is 5.85. The molecule has 1 aromatic heterocycles. The Bertz CT molecular complexity index is 685. The van der Waals surface area contributed by atoms with E-state index in [1.165, 1.54) is 27.4 Å². The number of carbonyl (C=O) groups is 1. The van der Waals surface area contributed by atoms with Crippen LogP contribution in [0.5, 0.6) is 0 Å². The van der Waals surface area contributed by atoms with Crippen molar-refractivity contribution in [3.8, 4) is 0 Å². The Hall–Kier alpha value is -2.74. The first-order valence-corrected chi connectivity index (χ1v) is 7.92. The summed E-state index contributed by atoms with van der Waals surface area (Å²) in [4.78, 5) is 24.8. The van der Waals surface area contributed by atoms with E-state index in [1.54, 1.807) is 38.4 Å². The number of hydrogen-bond acceptors (Lipinski definition) is 8. The molecule has 1 rings (SSSR count). The van der Waals surface area contributed by atoms with Crippen molar-refractivity contribution in [3.05, 3.63) is 41.7 Å². The van der Waals surface area contributed by atoms with E-state index in [-0.39, 0.29) is 12.0 Å². The summed E-state index contributed by atoms with van der Waals surface area (Å²) in [5, 5.41) is 3.86. The van der Waals surface area contributed by atoms with Crippen molar-refractivity contribution in [3.63, 3.8) is 0 Å². The predicted octanol–water partition coefficient (Wildman–Crippen LogP) is 2.21. The molecule has 0 amide bonds. The van der Waals surface area contributed by atoms with Crippen LogP contribution in [0, 0.1) is 5.92 Å². The van der Waals surface area contributed by atoms with Crippen LogP contribution in [-0.4, -0.2) is 56.2 Å². The Morgan fingerprint density at radius 2 is 1.96 bits per heavy atom. The maximum Gasteiger partial charge on any atom is 0.333 e. The van der Waals surface area contributed by atoms with Crippen LogP contribution < -0.4 is 0 Å². The van der Waals surface area contributed by atoms with Crippen LogP contribution in [0.25, 0.3) is 6.08 Å². The maximum absolute atomic E-state index is 11.5. The summed E-state index contributed by atoms with van der Waals surface area (Å²) >= 11 is 0. The lowest BCUT2D eigenvalue weighted by atomic mass is 10.0. The van der Waals surface area contributed by atoms with Crippen molar-refractivity contribution in [2.24, 2.45) is 11.1 Å². The molecule has 0 spiro atoms. The summed E-state index contributed by atoms with van der Waals surface area (Å²) in [6, 6.07) is 1.74. The van der Waals surface area contributed by atoms with Crippen LogP contribution in [0.15, 0.2) is 35.3 Å². The molecule has 0 aliphatic heterocycles. The minimum Gasteiger partial charge on any atom is -0.500 e. The van der Waals surface area contributed by atoms with Gasteiger partial charge in [-0.05, 0) is 19.1 Å². The standard InChI is InChI=1S/C18H25N3O5/c1-12(16(24-4)11-18(22)25-5)15(23-3)7-8-17-19-10-9-14(20-17)13(2)21-26-6/h7-12,15H,1-6H3/b8-7+,16-11+,21-13-/t12-,15+/m1/s1. The van der Waals surface area contributed by atoms with E-state index >= 15 is 0 Å². The van der Waals surface area contributed by atoms with Crippen LogP contribution in [0.4, 0.5) is 0 Å². The highest BCUT2D eigenvalue weighted by atomic mass is 16.6. The molecule has 0 aromatic carbocycles. The lowest BCUT2D eigenvalue weighted by Gasteiger charge is -2.21. The molecule has 0 saturated heterocycles. The van der Waals surface area contributed by atoms with Crippen molar-refractivity contribution >= 4 is 17.8 Å². The second-order valence-electron chi connectivity index (χ2n) is 5.28. The summed E-state index contributed by atoms with van der Waals surface area (Å²) in [5.74, 6) is 0.237. The smallest absolute Gasteiger partial charge is 0.333 e. The van der Waals surface area contributed by atoms with E-state index in [2.05, 4.69) is 19.9 Å². The number of ether oxygens (including phenoxy) is 3. The van der Waals surface area contributed by atoms with Crippen LogP contribution in [-0.2, 0) is 23.8 Å². The van der Waals surface area contributed by atoms with E-state index in [0.717, 1.165) is 0 Å². The molecule has 0 unspecified atom stereocenters. The molecule has 0 saturated carbocycles. The molecule has 8 nitrogen and oxygen atoms in total. The summed E-state index contributed by atoms with van der Waals surface area (Å²) in [5.41, 5.74) is 1.30. The van der Waals surface area contributed by atoms with E-state index in [9.17, 15) is 4.79 Å². The third-order valence-corrected chi connectivity index (χ3v) is 3.62. The first-order valence-electron chi connectivity index (χ1n) is 7.92. The SMILES string of the molecule is CO/N=C(/C)c1ccnc(/C=C/[C@H](OC)[C@@H](C)/C(=C\C(=O)OC)OC)n1. The molecule has 0 N–H and O–H groups in total. The molecule has 26 heavy (non-hydrogen) atoms. The van der Waals surface area contributed by atoms with Gasteiger partial charge in [0, 0.05) is 19.2 Å². The number of oxime groups is 1. The number of rotatable bonds is 9. The minimum atomic E-state index is -0.489. The van der Waals surface area contributed by atoms with Crippen molar-refractivity contribution in [1.29, 1.82) is 0 Å². The topological polar surface area (TPSA) is 92.1 Å². The van der Waals surface area contributed by atoms with Gasteiger partial charge >= 0.3 is 5.97 Å². The molecule has 0 aliphatic rings. The van der Waals surface area contributed by atoms with E-state index in [1.807, 2.05) is 6.92 Å². The van der Waals surface area contributed by atoms with Crippen molar-refractivity contribution < 1.29 is 23.8 Å². The second kappa shape index (κ2) is 11.0.